The average molecular weight is 284 g/mol. The van der Waals surface area contributed by atoms with Crippen LogP contribution in [-0.4, -0.2) is 23.0 Å². The van der Waals surface area contributed by atoms with Crippen LogP contribution in [0.25, 0.3) is 0 Å². The molecule has 1 aromatic carbocycles. The topological polar surface area (TPSA) is 68.3 Å². The number of carbonyl (C=O) groups is 2. The molecule has 0 saturated carbocycles. The lowest BCUT2D eigenvalue weighted by molar-refractivity contribution is -0.124. The van der Waals surface area contributed by atoms with Crippen LogP contribution in [0, 0.1) is 0 Å². The van der Waals surface area contributed by atoms with Crippen molar-refractivity contribution in [1.29, 1.82) is 0 Å². The van der Waals surface area contributed by atoms with E-state index in [9.17, 15) is 9.59 Å². The Labute approximate surface area is 123 Å². The molecule has 2 aromatic rings. The van der Waals surface area contributed by atoms with Crippen molar-refractivity contribution in [3.63, 3.8) is 0 Å². The Kier molecular flexibility index (Phi) is 5.04. The molecule has 0 aliphatic rings. The number of hydrogen-bond acceptors (Lipinski definition) is 4. The molecular formula is C16H16N2O3. The van der Waals surface area contributed by atoms with Gasteiger partial charge in [-0.15, -0.1) is 0 Å². The molecular weight excluding hydrogens is 268 g/mol. The van der Waals surface area contributed by atoms with Gasteiger partial charge in [-0.1, -0.05) is 25.1 Å². The molecule has 1 amide bonds. The van der Waals surface area contributed by atoms with Gasteiger partial charge >= 0.3 is 5.97 Å². The zero-order valence-electron chi connectivity index (χ0n) is 11.7. The van der Waals surface area contributed by atoms with Crippen LogP contribution in [0.4, 0.5) is 5.69 Å². The van der Waals surface area contributed by atoms with Gasteiger partial charge in [-0.3, -0.25) is 9.78 Å². The number of hydrogen-bond donors (Lipinski definition) is 1. The summed E-state index contributed by atoms with van der Waals surface area (Å²) in [6.45, 7) is 1.78. The minimum absolute atomic E-state index is 0.323. The van der Waals surface area contributed by atoms with Crippen molar-refractivity contribution >= 4 is 17.6 Å². The molecule has 1 atom stereocenters. The molecule has 0 aliphatic heterocycles. The molecule has 108 valence electrons. The smallest absolute Gasteiger partial charge is 0.340 e. The van der Waals surface area contributed by atoms with Crippen molar-refractivity contribution in [2.24, 2.45) is 0 Å². The predicted molar refractivity (Wildman–Crippen MR) is 78.8 cm³/mol. The number of aromatic nitrogens is 1. The van der Waals surface area contributed by atoms with Crippen molar-refractivity contribution in [3.05, 3.63) is 60.4 Å². The predicted octanol–water partition coefficient (Wildman–Crippen LogP) is 2.66. The van der Waals surface area contributed by atoms with Crippen LogP contribution in [0.3, 0.4) is 0 Å². The number of ether oxygens (including phenoxy) is 1. The second-order valence-electron chi connectivity index (χ2n) is 4.40. The fourth-order valence-corrected chi connectivity index (χ4v) is 1.75. The van der Waals surface area contributed by atoms with E-state index < -0.39 is 12.1 Å². The molecule has 0 radical (unpaired) electrons. The third kappa shape index (κ3) is 4.14. The number of nitrogens with one attached hydrogen (secondary N) is 1. The summed E-state index contributed by atoms with van der Waals surface area (Å²) in [6.07, 6.45) is 2.53. The number of anilines is 1. The minimum Gasteiger partial charge on any atom is -0.449 e. The van der Waals surface area contributed by atoms with Gasteiger partial charge in [-0.25, -0.2) is 4.79 Å². The van der Waals surface area contributed by atoms with Gasteiger partial charge in [0.05, 0.1) is 5.56 Å². The van der Waals surface area contributed by atoms with Crippen LogP contribution >= 0.6 is 0 Å². The number of benzene rings is 1. The largest absolute Gasteiger partial charge is 0.449 e. The summed E-state index contributed by atoms with van der Waals surface area (Å²) < 4.78 is 5.23. The quantitative estimate of drug-likeness (QED) is 0.857. The first kappa shape index (κ1) is 14.7. The number of amides is 1. The highest BCUT2D eigenvalue weighted by Crippen LogP contribution is 2.10. The summed E-state index contributed by atoms with van der Waals surface area (Å²) in [5.41, 5.74) is 0.988. The second-order valence-corrected chi connectivity index (χ2v) is 4.40. The van der Waals surface area contributed by atoms with E-state index in [1.165, 1.54) is 6.20 Å². The molecule has 1 aromatic heterocycles. The summed E-state index contributed by atoms with van der Waals surface area (Å²) in [5, 5.41) is 2.72. The van der Waals surface area contributed by atoms with Gasteiger partial charge in [-0.05, 0) is 30.7 Å². The van der Waals surface area contributed by atoms with Gasteiger partial charge in [0.2, 0.25) is 0 Å². The molecule has 0 aliphatic carbocycles. The lowest BCUT2D eigenvalue weighted by Gasteiger charge is -2.16. The molecule has 1 unspecified atom stereocenters. The van der Waals surface area contributed by atoms with E-state index in [0.29, 0.717) is 17.7 Å². The van der Waals surface area contributed by atoms with Crippen molar-refractivity contribution < 1.29 is 14.3 Å². The van der Waals surface area contributed by atoms with Gasteiger partial charge in [0, 0.05) is 18.1 Å². The number of rotatable bonds is 5. The van der Waals surface area contributed by atoms with Gasteiger partial charge < -0.3 is 10.1 Å². The monoisotopic (exact) mass is 284 g/mol. The molecule has 0 fully saturated rings. The molecule has 0 spiro atoms. The first-order valence-corrected chi connectivity index (χ1v) is 6.67. The van der Waals surface area contributed by atoms with E-state index in [4.69, 9.17) is 4.74 Å². The Hall–Kier alpha value is -2.69. The third-order valence-corrected chi connectivity index (χ3v) is 2.85. The number of pyridine rings is 1. The highest BCUT2D eigenvalue weighted by atomic mass is 16.5. The highest BCUT2D eigenvalue weighted by Gasteiger charge is 2.22. The van der Waals surface area contributed by atoms with Gasteiger partial charge in [0.25, 0.3) is 5.91 Å². The zero-order chi connectivity index (χ0) is 15.1. The molecule has 0 bridgehead atoms. The summed E-state index contributed by atoms with van der Waals surface area (Å²) in [6, 6.07) is 12.3. The van der Waals surface area contributed by atoms with Crippen LogP contribution in [0.15, 0.2) is 54.9 Å². The van der Waals surface area contributed by atoms with Crippen LogP contribution in [-0.2, 0) is 9.53 Å². The molecule has 1 heterocycles. The number of nitrogens with zero attached hydrogens (tertiary/aromatic N) is 1. The van der Waals surface area contributed by atoms with Crippen molar-refractivity contribution in [2.75, 3.05) is 5.32 Å². The molecule has 5 heteroatoms. The fraction of sp³-hybridized carbons (Fsp3) is 0.188. The van der Waals surface area contributed by atoms with Gasteiger partial charge in [0.15, 0.2) is 6.10 Å². The average Bonchev–Trinajstić information content (AvgIpc) is 2.54. The van der Waals surface area contributed by atoms with E-state index in [-0.39, 0.29) is 5.91 Å². The number of carbonyl (C=O) groups excluding carboxylic acids is 2. The lowest BCUT2D eigenvalue weighted by Crippen LogP contribution is -2.32. The van der Waals surface area contributed by atoms with E-state index in [2.05, 4.69) is 10.3 Å². The first-order chi connectivity index (χ1) is 10.2. The molecule has 0 saturated heterocycles. The summed E-state index contributed by atoms with van der Waals surface area (Å²) >= 11 is 0. The molecule has 1 N–H and O–H groups in total. The van der Waals surface area contributed by atoms with E-state index in [1.807, 2.05) is 18.2 Å². The maximum absolute atomic E-state index is 12.1. The number of esters is 1. The SMILES string of the molecule is CCC(OC(=O)c1cccnc1)C(=O)Nc1ccccc1. The van der Waals surface area contributed by atoms with Crippen LogP contribution < -0.4 is 5.32 Å². The van der Waals surface area contributed by atoms with E-state index >= 15 is 0 Å². The molecule has 21 heavy (non-hydrogen) atoms. The Morgan fingerprint density at radius 3 is 2.57 bits per heavy atom. The van der Waals surface area contributed by atoms with Crippen LogP contribution in [0.1, 0.15) is 23.7 Å². The maximum atomic E-state index is 12.1. The maximum Gasteiger partial charge on any atom is 0.340 e. The van der Waals surface area contributed by atoms with Crippen LogP contribution in [0.5, 0.6) is 0 Å². The number of para-hydroxylation sites is 1. The fourth-order valence-electron chi connectivity index (χ4n) is 1.75. The van der Waals surface area contributed by atoms with E-state index in [1.54, 1.807) is 37.4 Å². The Bertz CT molecular complexity index is 599. The van der Waals surface area contributed by atoms with Crippen LogP contribution in [0.2, 0.25) is 0 Å². The summed E-state index contributed by atoms with van der Waals surface area (Å²) in [7, 11) is 0. The summed E-state index contributed by atoms with van der Waals surface area (Å²) in [4.78, 5) is 27.9. The first-order valence-electron chi connectivity index (χ1n) is 6.67. The normalized spacial score (nSPS) is 11.5. The minimum atomic E-state index is -0.835. The van der Waals surface area contributed by atoms with Crippen molar-refractivity contribution in [2.45, 2.75) is 19.4 Å². The standard InChI is InChI=1S/C16H16N2O3/c1-2-14(15(19)18-13-8-4-3-5-9-13)21-16(20)12-7-6-10-17-11-12/h3-11,14H,2H2,1H3,(H,18,19). The Balaban J connectivity index is 1.99. The van der Waals surface area contributed by atoms with Crippen molar-refractivity contribution in [3.8, 4) is 0 Å². The van der Waals surface area contributed by atoms with E-state index in [0.717, 1.165) is 0 Å². The zero-order valence-corrected chi connectivity index (χ0v) is 11.7. The third-order valence-electron chi connectivity index (χ3n) is 2.85. The van der Waals surface area contributed by atoms with Gasteiger partial charge in [-0.2, -0.15) is 0 Å². The van der Waals surface area contributed by atoms with Crippen molar-refractivity contribution in [1.82, 2.24) is 4.98 Å². The highest BCUT2D eigenvalue weighted by molar-refractivity contribution is 5.97. The van der Waals surface area contributed by atoms with Gasteiger partial charge in [0.1, 0.15) is 0 Å². The summed E-state index contributed by atoms with van der Waals surface area (Å²) in [5.74, 6) is -0.904. The Morgan fingerprint density at radius 2 is 1.95 bits per heavy atom. The molecule has 2 rings (SSSR count). The lowest BCUT2D eigenvalue weighted by atomic mass is 10.2. The Morgan fingerprint density at radius 1 is 1.19 bits per heavy atom. The molecule has 5 nitrogen and oxygen atoms in total. The second kappa shape index (κ2) is 7.19.